The van der Waals surface area contributed by atoms with Crippen molar-refractivity contribution in [1.29, 1.82) is 0 Å². The second kappa shape index (κ2) is 13.8. The molecule has 0 unspecified atom stereocenters. The van der Waals surface area contributed by atoms with E-state index in [1.54, 1.807) is 0 Å². The van der Waals surface area contributed by atoms with Crippen LogP contribution in [0.2, 0.25) is 0 Å². The summed E-state index contributed by atoms with van der Waals surface area (Å²) in [6.07, 6.45) is 2.29. The van der Waals surface area contributed by atoms with Gasteiger partial charge in [-0.25, -0.2) is 0 Å². The second-order valence-electron chi connectivity index (χ2n) is 25.2. The van der Waals surface area contributed by atoms with E-state index in [4.69, 9.17) is 4.42 Å². The summed E-state index contributed by atoms with van der Waals surface area (Å²) in [5, 5.41) is 6.50. The van der Waals surface area contributed by atoms with E-state index in [0.717, 1.165) is 29.8 Å². The molecule has 3 nitrogen and oxygen atoms in total. The summed E-state index contributed by atoms with van der Waals surface area (Å²) in [7, 11) is 0. The Morgan fingerprint density at radius 2 is 1.17 bits per heavy atom. The van der Waals surface area contributed by atoms with Gasteiger partial charge in [0.2, 0.25) is 0 Å². The third kappa shape index (κ3) is 6.05. The van der Waals surface area contributed by atoms with Crippen LogP contribution in [0.1, 0.15) is 131 Å². The van der Waals surface area contributed by atoms with Crippen LogP contribution in [0.5, 0.6) is 0 Å². The van der Waals surface area contributed by atoms with Gasteiger partial charge >= 0.3 is 6.85 Å². The number of hydrogen-bond acceptors (Lipinski definition) is 3. The topological polar surface area (TPSA) is 21.3 Å². The fourth-order valence-corrected chi connectivity index (χ4v) is 13.7. The Hall–Kier alpha value is -6.04. The number of fused-ring (bicyclic) bond motifs is 14. The third-order valence-corrected chi connectivity index (χ3v) is 17.8. The number of rotatable bonds is 2. The van der Waals surface area contributed by atoms with Gasteiger partial charge in [-0.05, 0) is 145 Å². The zero-order valence-corrected chi connectivity index (χ0v) is 43.6. The van der Waals surface area contributed by atoms with Crippen LogP contribution < -0.4 is 16.0 Å². The van der Waals surface area contributed by atoms with Crippen LogP contribution >= 0.6 is 11.3 Å². The Kier molecular flexibility index (Phi) is 8.63. The average molecular weight is 919 g/mol. The van der Waals surface area contributed by atoms with Crippen LogP contribution in [0.4, 0.5) is 17.1 Å². The highest BCUT2D eigenvalue weighted by Gasteiger charge is 2.49. The summed E-state index contributed by atoms with van der Waals surface area (Å²) in [5.74, 6) is 0. The molecule has 69 heavy (non-hydrogen) atoms. The highest BCUT2D eigenvalue weighted by molar-refractivity contribution is 7.26. The largest absolute Gasteiger partial charge is 0.466 e. The molecule has 0 amide bonds. The number of thiophene rings is 1. The Balaban J connectivity index is 1.27. The van der Waals surface area contributed by atoms with Gasteiger partial charge in [0.25, 0.3) is 0 Å². The maximum Gasteiger partial charge on any atom is 0.376 e. The van der Waals surface area contributed by atoms with Crippen LogP contribution in [0.3, 0.4) is 0 Å². The van der Waals surface area contributed by atoms with Gasteiger partial charge in [0.1, 0.15) is 11.2 Å². The minimum atomic E-state index is -0.225. The first-order valence-corrected chi connectivity index (χ1v) is 26.1. The quantitative estimate of drug-likeness (QED) is 0.161. The smallest absolute Gasteiger partial charge is 0.376 e. The maximum atomic E-state index is 7.78. The van der Waals surface area contributed by atoms with Gasteiger partial charge < -0.3 is 13.8 Å². The molecule has 13 rings (SSSR count). The van der Waals surface area contributed by atoms with E-state index in [1.807, 2.05) is 11.3 Å². The lowest BCUT2D eigenvalue weighted by molar-refractivity contribution is 0.332. The Morgan fingerprint density at radius 3 is 1.88 bits per heavy atom. The number of benzene rings is 7. The molecule has 0 spiro atoms. The normalized spacial score (nSPS) is 16.2. The van der Waals surface area contributed by atoms with Crippen molar-refractivity contribution >= 4 is 99.3 Å². The molecule has 344 valence electrons. The van der Waals surface area contributed by atoms with E-state index in [2.05, 4.69) is 221 Å². The predicted octanol–water partition coefficient (Wildman–Crippen LogP) is 17.2. The summed E-state index contributed by atoms with van der Waals surface area (Å²) < 4.78 is 13.1. The summed E-state index contributed by atoms with van der Waals surface area (Å²) >= 11 is 1.93. The number of furan rings is 1. The summed E-state index contributed by atoms with van der Waals surface area (Å²) in [4.78, 5) is 2.65. The van der Waals surface area contributed by atoms with Crippen LogP contribution in [0, 0.1) is 0 Å². The lowest BCUT2D eigenvalue weighted by Crippen LogP contribution is -2.56. The van der Waals surface area contributed by atoms with Gasteiger partial charge in [0.05, 0.1) is 11.4 Å². The molecule has 3 aromatic heterocycles. The first kappa shape index (κ1) is 43.0. The monoisotopic (exact) mass is 918 g/mol. The minimum Gasteiger partial charge on any atom is -0.466 e. The molecule has 0 radical (unpaired) electrons. The van der Waals surface area contributed by atoms with Crippen molar-refractivity contribution in [3.05, 3.63) is 149 Å². The first-order valence-electron chi connectivity index (χ1n) is 25.3. The molecule has 0 saturated heterocycles. The van der Waals surface area contributed by atoms with E-state index in [9.17, 15) is 0 Å². The van der Waals surface area contributed by atoms with E-state index in [0.29, 0.717) is 0 Å². The average Bonchev–Trinajstić information content (AvgIpc) is 3.97. The fraction of sp³-hybridized carbons (Fsp3) is 0.312. The lowest BCUT2D eigenvalue weighted by atomic mass is 9.47. The van der Waals surface area contributed by atoms with E-state index < -0.39 is 0 Å². The second-order valence-corrected chi connectivity index (χ2v) is 26.3. The minimum absolute atomic E-state index is 0.0118. The summed E-state index contributed by atoms with van der Waals surface area (Å²) in [6.45, 7) is 30.7. The number of anilines is 3. The van der Waals surface area contributed by atoms with Gasteiger partial charge in [0, 0.05) is 64.2 Å². The Bertz CT molecular complexity index is 3850. The summed E-state index contributed by atoms with van der Waals surface area (Å²) in [5.41, 5.74) is 21.3. The SMILES string of the molecule is CC(C)(C)c1ccc(N2c3cc4sc5ccccc5c4c4c3B(c3oc5cc6c(cc5c32)C(C)(C)CCC6(C)C)n2c3ccc(C(C)(C)C)cc3c3cc(C(C)(C)C)cc-4c32)c(-c2ccccc2)c1. The van der Waals surface area contributed by atoms with Crippen LogP contribution in [-0.4, -0.2) is 11.3 Å². The molecular weight excluding hydrogens is 856 g/mol. The molecule has 0 bridgehead atoms. The van der Waals surface area contributed by atoms with Gasteiger partial charge in [-0.1, -0.05) is 151 Å². The molecule has 0 fully saturated rings. The van der Waals surface area contributed by atoms with Crippen LogP contribution in [-0.2, 0) is 27.1 Å². The zero-order chi connectivity index (χ0) is 48.1. The maximum absolute atomic E-state index is 7.78. The van der Waals surface area contributed by atoms with E-state index >= 15 is 0 Å². The highest BCUT2D eigenvalue weighted by atomic mass is 32.1. The summed E-state index contributed by atoms with van der Waals surface area (Å²) in [6, 6.07) is 47.4. The van der Waals surface area contributed by atoms with Gasteiger partial charge in [-0.2, -0.15) is 0 Å². The molecule has 0 N–H and O–H groups in total. The third-order valence-electron chi connectivity index (χ3n) is 16.7. The molecule has 1 aliphatic carbocycles. The molecule has 2 aliphatic heterocycles. The Morgan fingerprint density at radius 1 is 0.551 bits per heavy atom. The van der Waals surface area contributed by atoms with Crippen molar-refractivity contribution in [2.75, 3.05) is 4.90 Å². The standard InChI is InChI=1S/C64H63BN2OS/c1-60(2,3)37-23-25-48(41(29-37)36-19-15-14-16-20-36)66-50-35-53-54(40-21-17-18-22-52(40)69-53)55-45-32-39(62(7,8)9)31-43-42-30-38(61(4,5)6)24-26-49(42)67(57(43)45)65(56(50)55)59-58(66)44-33-46-47(34-51(44)68-59)64(12,13)28-27-63(46,10)11/h14-26,29-35H,27-28H2,1-13H3. The number of hydrogen-bond donors (Lipinski definition) is 0. The van der Waals surface area contributed by atoms with Crippen molar-refractivity contribution in [2.24, 2.45) is 0 Å². The molecule has 0 saturated carbocycles. The van der Waals surface area contributed by atoms with E-state index in [1.165, 1.54) is 114 Å². The molecule has 3 aliphatic rings. The van der Waals surface area contributed by atoms with Gasteiger partial charge in [-0.15, -0.1) is 11.3 Å². The molecule has 7 aromatic carbocycles. The highest BCUT2D eigenvalue weighted by Crippen LogP contribution is 2.56. The van der Waals surface area contributed by atoms with Gasteiger partial charge in [-0.3, -0.25) is 0 Å². The van der Waals surface area contributed by atoms with Gasteiger partial charge in [0.15, 0.2) is 0 Å². The lowest BCUT2D eigenvalue weighted by Gasteiger charge is -2.42. The molecule has 0 atom stereocenters. The Labute approximate surface area is 412 Å². The number of aromatic nitrogens is 1. The molecule has 5 heteroatoms. The molecular formula is C64H63BN2OS. The first-order chi connectivity index (χ1) is 32.6. The fourth-order valence-electron chi connectivity index (χ4n) is 12.5. The zero-order valence-electron chi connectivity index (χ0n) is 42.7. The predicted molar refractivity (Wildman–Crippen MR) is 299 cm³/mol. The van der Waals surface area contributed by atoms with Crippen LogP contribution in [0.25, 0.3) is 75.2 Å². The molecule has 5 heterocycles. The van der Waals surface area contributed by atoms with Crippen molar-refractivity contribution in [3.8, 4) is 22.3 Å². The van der Waals surface area contributed by atoms with E-state index in [-0.39, 0.29) is 33.9 Å². The van der Waals surface area contributed by atoms with Crippen LogP contribution in [0.15, 0.2) is 126 Å². The van der Waals surface area contributed by atoms with Crippen molar-refractivity contribution in [3.63, 3.8) is 0 Å². The van der Waals surface area contributed by atoms with Crippen molar-refractivity contribution in [2.45, 2.75) is 130 Å². The molecule has 10 aromatic rings. The van der Waals surface area contributed by atoms with Crippen molar-refractivity contribution < 1.29 is 4.42 Å². The van der Waals surface area contributed by atoms with Crippen molar-refractivity contribution in [1.82, 2.24) is 4.48 Å². The number of nitrogens with zero attached hydrogens (tertiary/aromatic N) is 2.